The number of carbonyl (C=O) groups excluding carboxylic acids is 1. The molecule has 0 unspecified atom stereocenters. The number of carbonyl (C=O) groups is 1. The molecule has 168 valence electrons. The number of nitrogens with zero attached hydrogens (tertiary/aromatic N) is 2. The summed E-state index contributed by atoms with van der Waals surface area (Å²) in [5, 5.41) is 2.91. The lowest BCUT2D eigenvalue weighted by Gasteiger charge is -2.25. The highest BCUT2D eigenvalue weighted by Gasteiger charge is 2.27. The number of benzene rings is 2. The molecule has 1 aliphatic heterocycles. The SMILES string of the molecule is Cc1ccccc1N(CC(=O)NCCCN1CCCCCC1)S(=O)(=O)c1ccccc1. The number of para-hydroxylation sites is 1. The molecule has 3 rings (SSSR count). The van der Waals surface area contributed by atoms with E-state index in [1.807, 2.05) is 19.1 Å². The summed E-state index contributed by atoms with van der Waals surface area (Å²) in [7, 11) is -3.86. The minimum atomic E-state index is -3.86. The van der Waals surface area contributed by atoms with Crippen molar-refractivity contribution < 1.29 is 13.2 Å². The van der Waals surface area contributed by atoms with Gasteiger partial charge in [0.25, 0.3) is 10.0 Å². The normalized spacial score (nSPS) is 15.3. The van der Waals surface area contributed by atoms with E-state index in [0.29, 0.717) is 12.2 Å². The van der Waals surface area contributed by atoms with Gasteiger partial charge in [0.1, 0.15) is 6.54 Å². The van der Waals surface area contributed by atoms with Gasteiger partial charge >= 0.3 is 0 Å². The lowest BCUT2D eigenvalue weighted by Crippen LogP contribution is -2.41. The largest absolute Gasteiger partial charge is 0.354 e. The molecule has 0 spiro atoms. The summed E-state index contributed by atoms with van der Waals surface area (Å²) < 4.78 is 27.9. The van der Waals surface area contributed by atoms with Gasteiger partial charge in [-0.25, -0.2) is 8.42 Å². The van der Waals surface area contributed by atoms with E-state index in [-0.39, 0.29) is 17.3 Å². The van der Waals surface area contributed by atoms with Crippen molar-refractivity contribution in [3.05, 3.63) is 60.2 Å². The average molecular weight is 444 g/mol. The summed E-state index contributed by atoms with van der Waals surface area (Å²) in [6.07, 6.45) is 5.96. The third-order valence-electron chi connectivity index (χ3n) is 5.67. The van der Waals surface area contributed by atoms with Crippen molar-refractivity contribution in [2.75, 3.05) is 37.0 Å². The van der Waals surface area contributed by atoms with Gasteiger partial charge in [-0.3, -0.25) is 9.10 Å². The van der Waals surface area contributed by atoms with Gasteiger partial charge in [-0.15, -0.1) is 0 Å². The number of rotatable bonds is 9. The Hall–Kier alpha value is -2.38. The average Bonchev–Trinajstić information content (AvgIpc) is 3.05. The second-order valence-electron chi connectivity index (χ2n) is 8.07. The van der Waals surface area contributed by atoms with Crippen LogP contribution in [0.15, 0.2) is 59.5 Å². The first-order chi connectivity index (χ1) is 15.0. The zero-order valence-corrected chi connectivity index (χ0v) is 19.1. The van der Waals surface area contributed by atoms with Gasteiger partial charge in [0.2, 0.25) is 5.91 Å². The maximum Gasteiger partial charge on any atom is 0.264 e. The summed E-state index contributed by atoms with van der Waals surface area (Å²) in [5.41, 5.74) is 1.32. The molecule has 31 heavy (non-hydrogen) atoms. The quantitative estimate of drug-likeness (QED) is 0.602. The molecule has 1 heterocycles. The number of sulfonamides is 1. The molecule has 1 N–H and O–H groups in total. The lowest BCUT2D eigenvalue weighted by molar-refractivity contribution is -0.119. The van der Waals surface area contributed by atoms with E-state index in [1.165, 1.54) is 30.0 Å². The molecule has 7 heteroatoms. The molecule has 0 bridgehead atoms. The van der Waals surface area contributed by atoms with E-state index in [2.05, 4.69) is 10.2 Å². The van der Waals surface area contributed by atoms with E-state index in [9.17, 15) is 13.2 Å². The topological polar surface area (TPSA) is 69.7 Å². The van der Waals surface area contributed by atoms with Gasteiger partial charge in [0, 0.05) is 6.54 Å². The zero-order valence-electron chi connectivity index (χ0n) is 18.3. The van der Waals surface area contributed by atoms with Crippen LogP contribution in [0.25, 0.3) is 0 Å². The summed E-state index contributed by atoms with van der Waals surface area (Å²) in [5.74, 6) is -0.293. The van der Waals surface area contributed by atoms with Crippen LogP contribution in [-0.2, 0) is 14.8 Å². The Morgan fingerprint density at radius 1 is 0.968 bits per heavy atom. The number of nitrogens with one attached hydrogen (secondary N) is 1. The molecule has 2 aromatic carbocycles. The molecular formula is C24H33N3O3S. The molecule has 1 aliphatic rings. The van der Waals surface area contributed by atoms with Gasteiger partial charge in [0.15, 0.2) is 0 Å². The van der Waals surface area contributed by atoms with E-state index >= 15 is 0 Å². The maximum absolute atomic E-state index is 13.3. The molecular weight excluding hydrogens is 410 g/mol. The third-order valence-corrected chi connectivity index (χ3v) is 7.45. The van der Waals surface area contributed by atoms with E-state index in [4.69, 9.17) is 0 Å². The highest BCUT2D eigenvalue weighted by Crippen LogP contribution is 2.26. The summed E-state index contributed by atoms with van der Waals surface area (Å²) in [6, 6.07) is 15.5. The first-order valence-electron chi connectivity index (χ1n) is 11.1. The second-order valence-corrected chi connectivity index (χ2v) is 9.93. The maximum atomic E-state index is 13.3. The Kier molecular flexibility index (Phi) is 8.49. The van der Waals surface area contributed by atoms with Crippen LogP contribution in [0.1, 0.15) is 37.7 Å². The Balaban J connectivity index is 1.65. The molecule has 0 aromatic heterocycles. The van der Waals surface area contributed by atoms with Crippen LogP contribution in [0, 0.1) is 6.92 Å². The van der Waals surface area contributed by atoms with Crippen molar-refractivity contribution >= 4 is 21.6 Å². The van der Waals surface area contributed by atoms with Gasteiger partial charge in [-0.1, -0.05) is 49.2 Å². The first kappa shape index (κ1) is 23.3. The van der Waals surface area contributed by atoms with Crippen LogP contribution < -0.4 is 9.62 Å². The van der Waals surface area contributed by atoms with E-state index in [0.717, 1.165) is 31.6 Å². The van der Waals surface area contributed by atoms with Crippen molar-refractivity contribution in [2.45, 2.75) is 43.9 Å². The fourth-order valence-electron chi connectivity index (χ4n) is 3.94. The summed E-state index contributed by atoms with van der Waals surface area (Å²) >= 11 is 0. The van der Waals surface area contributed by atoms with Crippen molar-refractivity contribution in [1.29, 1.82) is 0 Å². The van der Waals surface area contributed by atoms with E-state index in [1.54, 1.807) is 42.5 Å². The Morgan fingerprint density at radius 2 is 1.61 bits per heavy atom. The second kappa shape index (κ2) is 11.3. The monoisotopic (exact) mass is 443 g/mol. The van der Waals surface area contributed by atoms with Gasteiger partial charge in [-0.2, -0.15) is 0 Å². The highest BCUT2D eigenvalue weighted by molar-refractivity contribution is 7.92. The molecule has 0 aliphatic carbocycles. The number of hydrogen-bond acceptors (Lipinski definition) is 4. The van der Waals surface area contributed by atoms with E-state index < -0.39 is 10.0 Å². The number of anilines is 1. The van der Waals surface area contributed by atoms with Crippen molar-refractivity contribution in [2.24, 2.45) is 0 Å². The zero-order chi connectivity index (χ0) is 22.1. The van der Waals surface area contributed by atoms with Crippen LogP contribution in [0.4, 0.5) is 5.69 Å². The van der Waals surface area contributed by atoms with Crippen molar-refractivity contribution in [1.82, 2.24) is 10.2 Å². The molecule has 0 radical (unpaired) electrons. The minimum absolute atomic E-state index is 0.173. The van der Waals surface area contributed by atoms with Crippen LogP contribution in [0.5, 0.6) is 0 Å². The fraction of sp³-hybridized carbons (Fsp3) is 0.458. The Bertz CT molecular complexity index is 940. The smallest absolute Gasteiger partial charge is 0.264 e. The van der Waals surface area contributed by atoms with Gasteiger partial charge in [0.05, 0.1) is 10.6 Å². The number of amides is 1. The van der Waals surface area contributed by atoms with Gasteiger partial charge in [-0.05, 0) is 69.6 Å². The lowest BCUT2D eigenvalue weighted by atomic mass is 10.2. The van der Waals surface area contributed by atoms with Crippen LogP contribution in [0.2, 0.25) is 0 Å². The standard InChI is InChI=1S/C24H33N3O3S/c1-21-12-7-8-15-23(21)27(31(29,30)22-13-5-4-6-14-22)20-24(28)25-16-11-19-26-17-9-2-3-10-18-26/h4-8,12-15H,2-3,9-11,16-20H2,1H3,(H,25,28). The molecule has 2 aromatic rings. The molecule has 6 nitrogen and oxygen atoms in total. The Morgan fingerprint density at radius 3 is 2.29 bits per heavy atom. The highest BCUT2D eigenvalue weighted by atomic mass is 32.2. The molecule has 1 amide bonds. The predicted octanol–water partition coefficient (Wildman–Crippen LogP) is 3.57. The van der Waals surface area contributed by atoms with Gasteiger partial charge < -0.3 is 10.2 Å². The summed E-state index contributed by atoms with van der Waals surface area (Å²) in [6.45, 7) is 5.37. The summed E-state index contributed by atoms with van der Waals surface area (Å²) in [4.78, 5) is 15.3. The number of hydrogen-bond donors (Lipinski definition) is 1. The number of likely N-dealkylation sites (tertiary alicyclic amines) is 1. The molecule has 1 saturated heterocycles. The van der Waals surface area contributed by atoms with Crippen molar-refractivity contribution in [3.8, 4) is 0 Å². The van der Waals surface area contributed by atoms with Crippen LogP contribution in [-0.4, -0.2) is 51.9 Å². The first-order valence-corrected chi connectivity index (χ1v) is 12.5. The predicted molar refractivity (Wildman–Crippen MR) is 125 cm³/mol. The van der Waals surface area contributed by atoms with Crippen LogP contribution >= 0.6 is 0 Å². The molecule has 1 fully saturated rings. The Labute approximate surface area is 186 Å². The van der Waals surface area contributed by atoms with Crippen molar-refractivity contribution in [3.63, 3.8) is 0 Å². The van der Waals surface area contributed by atoms with Crippen LogP contribution in [0.3, 0.4) is 0 Å². The molecule has 0 atom stereocenters. The minimum Gasteiger partial charge on any atom is -0.354 e. The third kappa shape index (κ3) is 6.55. The fourth-order valence-corrected chi connectivity index (χ4v) is 5.45. The number of aryl methyl sites for hydroxylation is 1. The molecule has 0 saturated carbocycles.